The van der Waals surface area contributed by atoms with Crippen molar-refractivity contribution in [1.82, 2.24) is 0 Å². The van der Waals surface area contributed by atoms with Gasteiger partial charge in [0.2, 0.25) is 0 Å². The molecule has 0 amide bonds. The van der Waals surface area contributed by atoms with Gasteiger partial charge in [0.1, 0.15) is 5.75 Å². The van der Waals surface area contributed by atoms with Gasteiger partial charge < -0.3 is 10.5 Å². The maximum Gasteiger partial charge on any atom is 0.193 e. The van der Waals surface area contributed by atoms with Crippen molar-refractivity contribution < 1.29 is 9.53 Å². The minimum atomic E-state index is -0.0219. The first-order valence-electron chi connectivity index (χ1n) is 5.66. The fourth-order valence-corrected chi connectivity index (χ4v) is 1.86. The Morgan fingerprint density at radius 2 is 1.94 bits per heavy atom. The zero-order valence-corrected chi connectivity index (χ0v) is 10.4. The molecule has 0 spiro atoms. The van der Waals surface area contributed by atoms with E-state index in [2.05, 4.69) is 0 Å². The van der Waals surface area contributed by atoms with Gasteiger partial charge in [0.25, 0.3) is 0 Å². The lowest BCUT2D eigenvalue weighted by Crippen LogP contribution is -2.04. The molecule has 3 heteroatoms. The van der Waals surface area contributed by atoms with Crippen LogP contribution in [0.5, 0.6) is 5.75 Å². The number of rotatable bonds is 3. The summed E-state index contributed by atoms with van der Waals surface area (Å²) in [7, 11) is 1.58. The quantitative estimate of drug-likeness (QED) is 0.664. The van der Waals surface area contributed by atoms with E-state index in [1.54, 1.807) is 43.5 Å². The Bertz CT molecular complexity index is 591. The molecule has 0 heterocycles. The standard InChI is InChI=1S/C15H15NO2/c1-10-8-12(16)6-7-14(10)15(17)11-4-3-5-13(9-11)18-2/h3-9H,16H2,1-2H3. The Kier molecular flexibility index (Phi) is 3.33. The van der Waals surface area contributed by atoms with Gasteiger partial charge in [-0.3, -0.25) is 4.79 Å². The molecule has 2 N–H and O–H groups in total. The van der Waals surface area contributed by atoms with E-state index in [1.807, 2.05) is 13.0 Å². The van der Waals surface area contributed by atoms with Crippen LogP contribution >= 0.6 is 0 Å². The first-order chi connectivity index (χ1) is 8.61. The first kappa shape index (κ1) is 12.2. The van der Waals surface area contributed by atoms with Gasteiger partial charge in [0.15, 0.2) is 5.78 Å². The molecule has 2 rings (SSSR count). The van der Waals surface area contributed by atoms with Crippen LogP contribution in [0.15, 0.2) is 42.5 Å². The second-order valence-corrected chi connectivity index (χ2v) is 4.14. The number of anilines is 1. The second-order valence-electron chi connectivity index (χ2n) is 4.14. The molecule has 0 aliphatic rings. The van der Waals surface area contributed by atoms with Crippen LogP contribution in [-0.4, -0.2) is 12.9 Å². The SMILES string of the molecule is COc1cccc(C(=O)c2ccc(N)cc2C)c1. The molecule has 0 saturated carbocycles. The molecule has 0 aliphatic heterocycles. The average molecular weight is 241 g/mol. The van der Waals surface area contributed by atoms with Gasteiger partial charge in [-0.05, 0) is 42.8 Å². The summed E-state index contributed by atoms with van der Waals surface area (Å²) in [6.45, 7) is 1.88. The highest BCUT2D eigenvalue weighted by Crippen LogP contribution is 2.19. The summed E-state index contributed by atoms with van der Waals surface area (Å²) in [6.07, 6.45) is 0. The van der Waals surface area contributed by atoms with Crippen LogP contribution in [0.3, 0.4) is 0 Å². The normalized spacial score (nSPS) is 10.1. The minimum Gasteiger partial charge on any atom is -0.497 e. The van der Waals surface area contributed by atoms with Crippen molar-refractivity contribution in [2.45, 2.75) is 6.92 Å². The minimum absolute atomic E-state index is 0.0219. The van der Waals surface area contributed by atoms with E-state index in [0.717, 1.165) is 5.56 Å². The van der Waals surface area contributed by atoms with E-state index in [4.69, 9.17) is 10.5 Å². The molecule has 0 saturated heterocycles. The van der Waals surface area contributed by atoms with Gasteiger partial charge in [0.05, 0.1) is 7.11 Å². The molecule has 18 heavy (non-hydrogen) atoms. The Balaban J connectivity index is 2.41. The molecule has 92 valence electrons. The van der Waals surface area contributed by atoms with Gasteiger partial charge in [0, 0.05) is 16.8 Å². The van der Waals surface area contributed by atoms with E-state index in [-0.39, 0.29) is 5.78 Å². The highest BCUT2D eigenvalue weighted by atomic mass is 16.5. The van der Waals surface area contributed by atoms with E-state index in [1.165, 1.54) is 0 Å². The molecule has 0 atom stereocenters. The molecule has 0 aromatic heterocycles. The fourth-order valence-electron chi connectivity index (χ4n) is 1.86. The van der Waals surface area contributed by atoms with Crippen LogP contribution < -0.4 is 10.5 Å². The molecule has 0 unspecified atom stereocenters. The summed E-state index contributed by atoms with van der Waals surface area (Å²) in [5, 5.41) is 0. The van der Waals surface area contributed by atoms with Crippen molar-refractivity contribution in [1.29, 1.82) is 0 Å². The van der Waals surface area contributed by atoms with Crippen molar-refractivity contribution in [2.24, 2.45) is 0 Å². The summed E-state index contributed by atoms with van der Waals surface area (Å²) in [6, 6.07) is 12.4. The van der Waals surface area contributed by atoms with Crippen molar-refractivity contribution in [3.8, 4) is 5.75 Å². The number of ketones is 1. The van der Waals surface area contributed by atoms with E-state index in [9.17, 15) is 4.79 Å². The van der Waals surface area contributed by atoms with Crippen LogP contribution in [0.4, 0.5) is 5.69 Å². The van der Waals surface area contributed by atoms with Gasteiger partial charge in [-0.1, -0.05) is 12.1 Å². The van der Waals surface area contributed by atoms with E-state index >= 15 is 0 Å². The Morgan fingerprint density at radius 3 is 2.61 bits per heavy atom. The van der Waals surface area contributed by atoms with Gasteiger partial charge >= 0.3 is 0 Å². The number of benzene rings is 2. The van der Waals surface area contributed by atoms with Crippen molar-refractivity contribution in [2.75, 3.05) is 12.8 Å². The smallest absolute Gasteiger partial charge is 0.193 e. The number of aryl methyl sites for hydroxylation is 1. The van der Waals surface area contributed by atoms with Crippen LogP contribution in [0, 0.1) is 6.92 Å². The molecule has 2 aromatic carbocycles. The predicted molar refractivity (Wildman–Crippen MR) is 72.0 cm³/mol. The molecule has 2 aromatic rings. The monoisotopic (exact) mass is 241 g/mol. The molecule has 0 bridgehead atoms. The second kappa shape index (κ2) is 4.92. The predicted octanol–water partition coefficient (Wildman–Crippen LogP) is 2.82. The summed E-state index contributed by atoms with van der Waals surface area (Å²) < 4.78 is 5.12. The number of ether oxygens (including phenoxy) is 1. The summed E-state index contributed by atoms with van der Waals surface area (Å²) in [4.78, 5) is 12.4. The third-order valence-electron chi connectivity index (χ3n) is 2.83. The fraction of sp³-hybridized carbons (Fsp3) is 0.133. The largest absolute Gasteiger partial charge is 0.497 e. The number of methoxy groups -OCH3 is 1. The topological polar surface area (TPSA) is 52.3 Å². The third-order valence-corrected chi connectivity index (χ3v) is 2.83. The zero-order chi connectivity index (χ0) is 13.1. The number of hydrogen-bond acceptors (Lipinski definition) is 3. The lowest BCUT2D eigenvalue weighted by atomic mass is 9.98. The van der Waals surface area contributed by atoms with Crippen LogP contribution in [0.25, 0.3) is 0 Å². The van der Waals surface area contributed by atoms with Crippen LogP contribution in [0.2, 0.25) is 0 Å². The lowest BCUT2D eigenvalue weighted by molar-refractivity contribution is 0.103. The lowest BCUT2D eigenvalue weighted by Gasteiger charge is -2.07. The molecule has 0 radical (unpaired) electrons. The van der Waals surface area contributed by atoms with Crippen LogP contribution in [-0.2, 0) is 0 Å². The number of nitrogen functional groups attached to an aromatic ring is 1. The molecular weight excluding hydrogens is 226 g/mol. The summed E-state index contributed by atoms with van der Waals surface area (Å²) in [5.41, 5.74) is 8.50. The maximum atomic E-state index is 12.4. The molecule has 0 aliphatic carbocycles. The molecule has 3 nitrogen and oxygen atoms in total. The number of carbonyl (C=O) groups is 1. The van der Waals surface area contributed by atoms with Gasteiger partial charge in [-0.25, -0.2) is 0 Å². The molecular formula is C15H15NO2. The highest BCUT2D eigenvalue weighted by molar-refractivity contribution is 6.10. The number of hydrogen-bond donors (Lipinski definition) is 1. The molecule has 0 fully saturated rings. The van der Waals surface area contributed by atoms with Gasteiger partial charge in [-0.2, -0.15) is 0 Å². The van der Waals surface area contributed by atoms with Crippen molar-refractivity contribution in [3.05, 3.63) is 59.2 Å². The summed E-state index contributed by atoms with van der Waals surface area (Å²) >= 11 is 0. The number of carbonyl (C=O) groups excluding carboxylic acids is 1. The first-order valence-corrected chi connectivity index (χ1v) is 5.66. The third kappa shape index (κ3) is 2.35. The van der Waals surface area contributed by atoms with Crippen molar-refractivity contribution >= 4 is 11.5 Å². The van der Waals surface area contributed by atoms with E-state index in [0.29, 0.717) is 22.6 Å². The Labute approximate surface area is 106 Å². The zero-order valence-electron chi connectivity index (χ0n) is 10.4. The Hall–Kier alpha value is -2.29. The highest BCUT2D eigenvalue weighted by Gasteiger charge is 2.12. The van der Waals surface area contributed by atoms with Gasteiger partial charge in [-0.15, -0.1) is 0 Å². The van der Waals surface area contributed by atoms with E-state index < -0.39 is 0 Å². The van der Waals surface area contributed by atoms with Crippen LogP contribution in [0.1, 0.15) is 21.5 Å². The van der Waals surface area contributed by atoms with Crippen molar-refractivity contribution in [3.63, 3.8) is 0 Å². The number of nitrogens with two attached hydrogens (primary N) is 1. The Morgan fingerprint density at radius 1 is 1.17 bits per heavy atom. The maximum absolute atomic E-state index is 12.4. The average Bonchev–Trinajstić information content (AvgIpc) is 2.38. The summed E-state index contributed by atoms with van der Waals surface area (Å²) in [5.74, 6) is 0.653.